The largest absolute Gasteiger partial charge is 0.349 e. The van der Waals surface area contributed by atoms with Gasteiger partial charge in [-0.2, -0.15) is 5.10 Å². The Morgan fingerprint density at radius 2 is 1.92 bits per heavy atom. The number of halogens is 1. The maximum atomic E-state index is 12.3. The molecule has 0 unspecified atom stereocenters. The average molecular weight is 376 g/mol. The minimum Gasteiger partial charge on any atom is -0.349 e. The number of amides is 2. The third-order valence-corrected chi connectivity index (χ3v) is 4.71. The van der Waals surface area contributed by atoms with Crippen molar-refractivity contribution in [1.29, 1.82) is 0 Å². The lowest BCUT2D eigenvalue weighted by atomic mass is 10.2. The zero-order valence-corrected chi connectivity index (χ0v) is 15.4. The zero-order chi connectivity index (χ0) is 18.5. The molecule has 7 nitrogen and oxygen atoms in total. The molecule has 1 aliphatic rings. The standard InChI is InChI=1S/C18H22ClN5O2/c1-23-16(21-17(25)13-6-2-3-7-14(13)19)12-15(22-23)18(26)20-8-11-24-9-4-5-10-24/h2-3,6-7,12H,4-5,8-11H2,1H3,(H,20,26)(H,21,25). The van der Waals surface area contributed by atoms with Gasteiger partial charge in [-0.1, -0.05) is 23.7 Å². The molecule has 138 valence electrons. The highest BCUT2D eigenvalue weighted by Crippen LogP contribution is 2.17. The van der Waals surface area contributed by atoms with Crippen LogP contribution in [0.25, 0.3) is 0 Å². The van der Waals surface area contributed by atoms with E-state index in [1.165, 1.54) is 17.5 Å². The number of likely N-dealkylation sites (tertiary alicyclic amines) is 1. The highest BCUT2D eigenvalue weighted by Gasteiger charge is 2.17. The molecule has 2 heterocycles. The second-order valence-electron chi connectivity index (χ2n) is 6.28. The Morgan fingerprint density at radius 3 is 2.65 bits per heavy atom. The van der Waals surface area contributed by atoms with E-state index in [4.69, 9.17) is 11.6 Å². The summed E-state index contributed by atoms with van der Waals surface area (Å²) in [4.78, 5) is 26.9. The van der Waals surface area contributed by atoms with Crippen molar-refractivity contribution in [2.75, 3.05) is 31.5 Å². The molecule has 1 fully saturated rings. The average Bonchev–Trinajstić information content (AvgIpc) is 3.25. The first-order chi connectivity index (χ1) is 12.5. The summed E-state index contributed by atoms with van der Waals surface area (Å²) in [5.41, 5.74) is 0.635. The Hall–Kier alpha value is -2.38. The third kappa shape index (κ3) is 4.42. The molecule has 26 heavy (non-hydrogen) atoms. The molecule has 1 aliphatic heterocycles. The number of hydrogen-bond acceptors (Lipinski definition) is 4. The topological polar surface area (TPSA) is 79.3 Å². The van der Waals surface area contributed by atoms with Crippen LogP contribution in [0.5, 0.6) is 0 Å². The maximum Gasteiger partial charge on any atom is 0.271 e. The predicted molar refractivity (Wildman–Crippen MR) is 101 cm³/mol. The van der Waals surface area contributed by atoms with E-state index in [1.807, 2.05) is 0 Å². The summed E-state index contributed by atoms with van der Waals surface area (Å²) in [6.45, 7) is 3.61. The summed E-state index contributed by atoms with van der Waals surface area (Å²) in [7, 11) is 1.67. The van der Waals surface area contributed by atoms with Crippen LogP contribution in [-0.2, 0) is 7.05 Å². The number of rotatable bonds is 6. The van der Waals surface area contributed by atoms with Gasteiger partial charge in [0.2, 0.25) is 0 Å². The molecule has 0 spiro atoms. The summed E-state index contributed by atoms with van der Waals surface area (Å²) in [6.07, 6.45) is 2.45. The van der Waals surface area contributed by atoms with Crippen molar-refractivity contribution in [1.82, 2.24) is 20.0 Å². The normalized spacial score (nSPS) is 14.4. The van der Waals surface area contributed by atoms with E-state index in [1.54, 1.807) is 37.4 Å². The summed E-state index contributed by atoms with van der Waals surface area (Å²) in [6, 6.07) is 8.34. The Kier molecular flexibility index (Phi) is 5.90. The molecular formula is C18H22ClN5O2. The van der Waals surface area contributed by atoms with Gasteiger partial charge in [-0.25, -0.2) is 0 Å². The van der Waals surface area contributed by atoms with Crippen LogP contribution in [-0.4, -0.2) is 52.7 Å². The van der Waals surface area contributed by atoms with E-state index in [0.717, 1.165) is 19.6 Å². The Bertz CT molecular complexity index is 799. The fraction of sp³-hybridized carbons (Fsp3) is 0.389. The van der Waals surface area contributed by atoms with Crippen molar-refractivity contribution in [3.05, 3.63) is 46.6 Å². The Morgan fingerprint density at radius 1 is 1.19 bits per heavy atom. The van der Waals surface area contributed by atoms with Crippen molar-refractivity contribution in [2.45, 2.75) is 12.8 Å². The number of hydrogen-bond donors (Lipinski definition) is 2. The summed E-state index contributed by atoms with van der Waals surface area (Å²) >= 11 is 6.04. The van der Waals surface area contributed by atoms with Gasteiger partial charge in [-0.05, 0) is 38.1 Å². The highest BCUT2D eigenvalue weighted by atomic mass is 35.5. The van der Waals surface area contributed by atoms with Crippen LogP contribution in [0.15, 0.2) is 30.3 Å². The minimum absolute atomic E-state index is 0.252. The quantitative estimate of drug-likeness (QED) is 0.810. The number of aryl methyl sites for hydroxylation is 1. The lowest BCUT2D eigenvalue weighted by Gasteiger charge is -2.14. The van der Waals surface area contributed by atoms with Crippen LogP contribution >= 0.6 is 11.6 Å². The number of anilines is 1. The fourth-order valence-electron chi connectivity index (χ4n) is 2.95. The number of carbonyl (C=O) groups excluding carboxylic acids is 2. The molecule has 2 amide bonds. The van der Waals surface area contributed by atoms with Gasteiger partial charge in [0.05, 0.1) is 10.6 Å². The molecule has 1 aromatic carbocycles. The van der Waals surface area contributed by atoms with E-state index in [0.29, 0.717) is 22.9 Å². The smallest absolute Gasteiger partial charge is 0.271 e. The van der Waals surface area contributed by atoms with E-state index < -0.39 is 0 Å². The molecule has 8 heteroatoms. The molecule has 2 N–H and O–H groups in total. The van der Waals surface area contributed by atoms with Crippen molar-refractivity contribution < 1.29 is 9.59 Å². The van der Waals surface area contributed by atoms with Crippen LogP contribution in [0.1, 0.15) is 33.7 Å². The fourth-order valence-corrected chi connectivity index (χ4v) is 3.17. The van der Waals surface area contributed by atoms with Crippen LogP contribution in [0.2, 0.25) is 5.02 Å². The molecule has 3 rings (SSSR count). The van der Waals surface area contributed by atoms with Crippen molar-refractivity contribution >= 4 is 29.2 Å². The van der Waals surface area contributed by atoms with Gasteiger partial charge in [0, 0.05) is 26.2 Å². The molecule has 0 bridgehead atoms. The van der Waals surface area contributed by atoms with Gasteiger partial charge in [0.1, 0.15) is 5.82 Å². The van der Waals surface area contributed by atoms with Crippen molar-refractivity contribution in [2.24, 2.45) is 7.05 Å². The molecule has 0 radical (unpaired) electrons. The second kappa shape index (κ2) is 8.33. The first-order valence-corrected chi connectivity index (χ1v) is 9.03. The first-order valence-electron chi connectivity index (χ1n) is 8.65. The van der Waals surface area contributed by atoms with Gasteiger partial charge in [-0.3, -0.25) is 14.3 Å². The van der Waals surface area contributed by atoms with E-state index in [2.05, 4.69) is 20.6 Å². The SMILES string of the molecule is Cn1nc(C(=O)NCCN2CCCC2)cc1NC(=O)c1ccccc1Cl. The molecular weight excluding hydrogens is 354 g/mol. The van der Waals surface area contributed by atoms with Crippen molar-refractivity contribution in [3.8, 4) is 0 Å². The zero-order valence-electron chi connectivity index (χ0n) is 14.7. The van der Waals surface area contributed by atoms with Crippen LogP contribution < -0.4 is 10.6 Å². The predicted octanol–water partition coefficient (Wildman–Crippen LogP) is 2.15. The van der Waals surface area contributed by atoms with Crippen LogP contribution in [0.3, 0.4) is 0 Å². The summed E-state index contributed by atoms with van der Waals surface area (Å²) in [5.74, 6) is -0.169. The maximum absolute atomic E-state index is 12.3. The van der Waals surface area contributed by atoms with Gasteiger partial charge in [-0.15, -0.1) is 0 Å². The molecule has 0 saturated carbocycles. The van der Waals surface area contributed by atoms with Crippen molar-refractivity contribution in [3.63, 3.8) is 0 Å². The Balaban J connectivity index is 1.58. The highest BCUT2D eigenvalue weighted by molar-refractivity contribution is 6.34. The minimum atomic E-state index is -0.348. The van der Waals surface area contributed by atoms with E-state index in [9.17, 15) is 9.59 Å². The molecule has 0 aliphatic carbocycles. The number of carbonyl (C=O) groups is 2. The number of nitrogens with zero attached hydrogens (tertiary/aromatic N) is 3. The summed E-state index contributed by atoms with van der Waals surface area (Å²) in [5, 5.41) is 10.1. The van der Waals surface area contributed by atoms with Gasteiger partial charge in [0.15, 0.2) is 5.69 Å². The molecule has 1 saturated heterocycles. The third-order valence-electron chi connectivity index (χ3n) is 4.38. The lowest BCUT2D eigenvalue weighted by molar-refractivity contribution is 0.0943. The molecule has 0 atom stereocenters. The first kappa shape index (κ1) is 18.4. The van der Waals surface area contributed by atoms with E-state index >= 15 is 0 Å². The number of nitrogens with one attached hydrogen (secondary N) is 2. The molecule has 2 aromatic rings. The molecule has 1 aromatic heterocycles. The van der Waals surface area contributed by atoms with Crippen LogP contribution in [0, 0.1) is 0 Å². The van der Waals surface area contributed by atoms with Crippen LogP contribution in [0.4, 0.5) is 5.82 Å². The lowest BCUT2D eigenvalue weighted by Crippen LogP contribution is -2.33. The van der Waals surface area contributed by atoms with Gasteiger partial charge in [0.25, 0.3) is 11.8 Å². The van der Waals surface area contributed by atoms with Gasteiger partial charge < -0.3 is 15.5 Å². The van der Waals surface area contributed by atoms with Gasteiger partial charge >= 0.3 is 0 Å². The Labute approximate surface area is 157 Å². The monoisotopic (exact) mass is 375 g/mol. The number of aromatic nitrogens is 2. The van der Waals surface area contributed by atoms with E-state index in [-0.39, 0.29) is 17.5 Å². The number of benzene rings is 1. The second-order valence-corrected chi connectivity index (χ2v) is 6.68. The summed E-state index contributed by atoms with van der Waals surface area (Å²) < 4.78 is 1.46.